The third kappa shape index (κ3) is 5.46. The van der Waals surface area contributed by atoms with Crippen molar-refractivity contribution in [3.63, 3.8) is 0 Å². The lowest BCUT2D eigenvalue weighted by Crippen LogP contribution is -2.51. The number of rotatable bonds is 5. The summed E-state index contributed by atoms with van der Waals surface area (Å²) in [5.74, 6) is 1.48. The van der Waals surface area contributed by atoms with Crippen LogP contribution in [-0.2, 0) is 16.1 Å². The molecule has 0 bridgehead atoms. The highest BCUT2D eigenvalue weighted by atomic mass is 35.5. The molecule has 1 aliphatic rings. The van der Waals surface area contributed by atoms with Gasteiger partial charge in [0.15, 0.2) is 0 Å². The molecule has 134 valence electrons. The molecule has 2 aromatic rings. The first-order valence-electron chi connectivity index (χ1n) is 8.13. The molecule has 1 fully saturated rings. The number of hydrogen-bond donors (Lipinski definition) is 2. The zero-order valence-corrected chi connectivity index (χ0v) is 15.0. The van der Waals surface area contributed by atoms with Crippen LogP contribution in [0, 0.1) is 6.92 Å². The lowest BCUT2D eigenvalue weighted by Gasteiger charge is -2.23. The fourth-order valence-corrected chi connectivity index (χ4v) is 2.59. The van der Waals surface area contributed by atoms with Crippen LogP contribution in [0.25, 0.3) is 0 Å². The SMILES string of the molecule is Cc1cccc(Oc2ccccc2CNC(=O)C2COCCN2)c1.Cl. The van der Waals surface area contributed by atoms with Crippen LogP contribution in [0.2, 0.25) is 0 Å². The fourth-order valence-electron chi connectivity index (χ4n) is 2.59. The number of nitrogens with one attached hydrogen (secondary N) is 2. The number of para-hydroxylation sites is 1. The highest BCUT2D eigenvalue weighted by Crippen LogP contribution is 2.25. The van der Waals surface area contributed by atoms with E-state index in [1.165, 1.54) is 0 Å². The first kappa shape index (κ1) is 19.2. The van der Waals surface area contributed by atoms with E-state index in [-0.39, 0.29) is 24.4 Å². The van der Waals surface area contributed by atoms with Crippen molar-refractivity contribution in [2.45, 2.75) is 19.5 Å². The van der Waals surface area contributed by atoms with Gasteiger partial charge in [0.1, 0.15) is 17.5 Å². The average molecular weight is 363 g/mol. The van der Waals surface area contributed by atoms with E-state index in [2.05, 4.69) is 10.6 Å². The summed E-state index contributed by atoms with van der Waals surface area (Å²) in [4.78, 5) is 12.2. The van der Waals surface area contributed by atoms with Gasteiger partial charge >= 0.3 is 0 Å². The third-order valence-corrected chi connectivity index (χ3v) is 3.88. The second kappa shape index (κ2) is 9.42. The Hall–Kier alpha value is -2.08. The molecular formula is C19H23ClN2O3. The van der Waals surface area contributed by atoms with Gasteiger partial charge in [-0.05, 0) is 30.7 Å². The summed E-state index contributed by atoms with van der Waals surface area (Å²) in [5, 5.41) is 6.09. The molecule has 25 heavy (non-hydrogen) atoms. The fraction of sp³-hybridized carbons (Fsp3) is 0.316. The molecule has 0 aliphatic carbocycles. The Morgan fingerprint density at radius 1 is 1.28 bits per heavy atom. The summed E-state index contributed by atoms with van der Waals surface area (Å²) in [6.07, 6.45) is 0. The Balaban J connectivity index is 0.00000225. The van der Waals surface area contributed by atoms with Crippen molar-refractivity contribution in [1.82, 2.24) is 10.6 Å². The van der Waals surface area contributed by atoms with E-state index in [0.29, 0.717) is 26.3 Å². The molecule has 1 unspecified atom stereocenters. The molecule has 1 atom stereocenters. The van der Waals surface area contributed by atoms with E-state index in [1.54, 1.807) is 0 Å². The van der Waals surface area contributed by atoms with Gasteiger partial charge in [0.2, 0.25) is 5.91 Å². The molecule has 0 spiro atoms. The van der Waals surface area contributed by atoms with E-state index in [0.717, 1.165) is 22.6 Å². The highest BCUT2D eigenvalue weighted by molar-refractivity contribution is 5.85. The van der Waals surface area contributed by atoms with Crippen molar-refractivity contribution in [1.29, 1.82) is 0 Å². The van der Waals surface area contributed by atoms with E-state index in [1.807, 2.05) is 55.5 Å². The molecule has 1 aliphatic heterocycles. The van der Waals surface area contributed by atoms with Gasteiger partial charge in [0, 0.05) is 18.7 Å². The molecule has 2 N–H and O–H groups in total. The molecule has 0 aromatic heterocycles. The summed E-state index contributed by atoms with van der Waals surface area (Å²) >= 11 is 0. The Morgan fingerprint density at radius 3 is 2.88 bits per heavy atom. The van der Waals surface area contributed by atoms with Gasteiger partial charge in [-0.15, -0.1) is 12.4 Å². The minimum atomic E-state index is -0.288. The number of halogens is 1. The van der Waals surface area contributed by atoms with Crippen LogP contribution < -0.4 is 15.4 Å². The number of hydrogen-bond acceptors (Lipinski definition) is 4. The Bertz CT molecular complexity index is 703. The van der Waals surface area contributed by atoms with E-state index < -0.39 is 0 Å². The lowest BCUT2D eigenvalue weighted by atomic mass is 10.2. The van der Waals surface area contributed by atoms with Crippen molar-refractivity contribution < 1.29 is 14.3 Å². The predicted molar refractivity (Wildman–Crippen MR) is 99.4 cm³/mol. The van der Waals surface area contributed by atoms with Crippen LogP contribution in [0.4, 0.5) is 0 Å². The molecule has 0 radical (unpaired) electrons. The maximum Gasteiger partial charge on any atom is 0.239 e. The second-order valence-corrected chi connectivity index (χ2v) is 5.83. The number of benzene rings is 2. The van der Waals surface area contributed by atoms with Crippen molar-refractivity contribution in [2.75, 3.05) is 19.8 Å². The van der Waals surface area contributed by atoms with Crippen molar-refractivity contribution >= 4 is 18.3 Å². The summed E-state index contributed by atoms with van der Waals surface area (Å²) in [5.41, 5.74) is 2.07. The van der Waals surface area contributed by atoms with Gasteiger partial charge in [0.05, 0.1) is 13.2 Å². The standard InChI is InChI=1S/C19H22N2O3.ClH/c1-14-5-4-7-16(11-14)24-18-8-3-2-6-15(18)12-21-19(22)17-13-23-10-9-20-17;/h2-8,11,17,20H,9-10,12-13H2,1H3,(H,21,22);1H. The topological polar surface area (TPSA) is 59.6 Å². The summed E-state index contributed by atoms with van der Waals surface area (Å²) < 4.78 is 11.3. The van der Waals surface area contributed by atoms with Gasteiger partial charge in [0.25, 0.3) is 0 Å². The number of amides is 1. The third-order valence-electron chi connectivity index (χ3n) is 3.88. The van der Waals surface area contributed by atoms with E-state index in [4.69, 9.17) is 9.47 Å². The van der Waals surface area contributed by atoms with Gasteiger partial charge in [-0.1, -0.05) is 30.3 Å². The molecule has 6 heteroatoms. The van der Waals surface area contributed by atoms with Gasteiger partial charge in [-0.25, -0.2) is 0 Å². The summed E-state index contributed by atoms with van der Waals surface area (Å²) in [7, 11) is 0. The Kier molecular flexibility index (Phi) is 7.25. The molecule has 5 nitrogen and oxygen atoms in total. The van der Waals surface area contributed by atoms with Gasteiger partial charge in [-0.3, -0.25) is 4.79 Å². The maximum atomic E-state index is 12.2. The molecule has 2 aromatic carbocycles. The van der Waals surface area contributed by atoms with Crippen molar-refractivity contribution in [2.24, 2.45) is 0 Å². The zero-order valence-electron chi connectivity index (χ0n) is 14.2. The van der Waals surface area contributed by atoms with Crippen LogP contribution in [-0.4, -0.2) is 31.7 Å². The van der Waals surface area contributed by atoms with Crippen LogP contribution in [0.1, 0.15) is 11.1 Å². The number of aryl methyl sites for hydroxylation is 1. The molecule has 1 amide bonds. The monoisotopic (exact) mass is 362 g/mol. The van der Waals surface area contributed by atoms with Gasteiger partial charge < -0.3 is 20.1 Å². The Labute approximate surface area is 154 Å². The number of morpholine rings is 1. The van der Waals surface area contributed by atoms with Crippen LogP contribution in [0.15, 0.2) is 48.5 Å². The normalized spacial score (nSPS) is 16.6. The first-order chi connectivity index (χ1) is 11.7. The zero-order chi connectivity index (χ0) is 16.8. The van der Waals surface area contributed by atoms with E-state index >= 15 is 0 Å². The molecular weight excluding hydrogens is 340 g/mol. The average Bonchev–Trinajstić information content (AvgIpc) is 2.61. The number of carbonyl (C=O) groups is 1. The van der Waals surface area contributed by atoms with Crippen molar-refractivity contribution in [3.05, 3.63) is 59.7 Å². The van der Waals surface area contributed by atoms with Gasteiger partial charge in [-0.2, -0.15) is 0 Å². The summed E-state index contributed by atoms with van der Waals surface area (Å²) in [6, 6.07) is 15.3. The smallest absolute Gasteiger partial charge is 0.239 e. The highest BCUT2D eigenvalue weighted by Gasteiger charge is 2.21. The minimum Gasteiger partial charge on any atom is -0.457 e. The predicted octanol–water partition coefficient (Wildman–Crippen LogP) is 2.81. The number of carbonyl (C=O) groups excluding carboxylic acids is 1. The van der Waals surface area contributed by atoms with Crippen LogP contribution in [0.5, 0.6) is 11.5 Å². The minimum absolute atomic E-state index is 0. The molecule has 1 heterocycles. The largest absolute Gasteiger partial charge is 0.457 e. The first-order valence-corrected chi connectivity index (χ1v) is 8.13. The Morgan fingerprint density at radius 2 is 2.12 bits per heavy atom. The lowest BCUT2D eigenvalue weighted by molar-refractivity contribution is -0.126. The summed E-state index contributed by atoms with van der Waals surface area (Å²) in [6.45, 7) is 4.20. The maximum absolute atomic E-state index is 12.2. The molecule has 3 rings (SSSR count). The second-order valence-electron chi connectivity index (χ2n) is 5.83. The van der Waals surface area contributed by atoms with Crippen LogP contribution in [0.3, 0.4) is 0 Å². The van der Waals surface area contributed by atoms with Crippen molar-refractivity contribution in [3.8, 4) is 11.5 Å². The van der Waals surface area contributed by atoms with Crippen LogP contribution >= 0.6 is 12.4 Å². The quantitative estimate of drug-likeness (QED) is 0.858. The van der Waals surface area contributed by atoms with E-state index in [9.17, 15) is 4.79 Å². The number of ether oxygens (including phenoxy) is 2. The molecule has 0 saturated carbocycles. The molecule has 1 saturated heterocycles.